The lowest BCUT2D eigenvalue weighted by molar-refractivity contribution is -0.143. The molecule has 0 N–H and O–H groups in total. The standard InChI is InChI=1S/C19H14BrNO7S2/c1-26-12-7-10(6-11(20)16(12)28-18(24)13-4-3-5-29-13)8-14-17(23)21(19(25)30-14)9-15(22)27-2/h3-8H,9H2,1-2H3/b14-8-. The normalized spacial score (nSPS) is 14.9. The summed E-state index contributed by atoms with van der Waals surface area (Å²) in [6, 6.07) is 6.57. The van der Waals surface area contributed by atoms with Gasteiger partial charge < -0.3 is 14.2 Å². The topological polar surface area (TPSA) is 99.2 Å². The van der Waals surface area contributed by atoms with Gasteiger partial charge in [-0.2, -0.15) is 0 Å². The summed E-state index contributed by atoms with van der Waals surface area (Å²) in [7, 11) is 2.59. The number of thiophene rings is 1. The number of ether oxygens (including phenoxy) is 3. The minimum absolute atomic E-state index is 0.140. The molecule has 1 aromatic heterocycles. The van der Waals surface area contributed by atoms with Crippen LogP contribution in [0.5, 0.6) is 11.5 Å². The number of nitrogens with zero attached hydrogens (tertiary/aromatic N) is 1. The Morgan fingerprint density at radius 3 is 2.63 bits per heavy atom. The molecule has 1 aromatic carbocycles. The highest BCUT2D eigenvalue weighted by Gasteiger charge is 2.36. The van der Waals surface area contributed by atoms with E-state index in [4.69, 9.17) is 9.47 Å². The highest BCUT2D eigenvalue weighted by atomic mass is 79.9. The molecule has 0 spiro atoms. The minimum Gasteiger partial charge on any atom is -0.493 e. The van der Waals surface area contributed by atoms with Crippen LogP contribution in [0.25, 0.3) is 6.08 Å². The lowest BCUT2D eigenvalue weighted by Crippen LogP contribution is -2.34. The van der Waals surface area contributed by atoms with E-state index in [1.54, 1.807) is 29.6 Å². The molecule has 8 nitrogen and oxygen atoms in total. The van der Waals surface area contributed by atoms with E-state index in [0.717, 1.165) is 4.90 Å². The van der Waals surface area contributed by atoms with Crippen LogP contribution in [0.3, 0.4) is 0 Å². The highest BCUT2D eigenvalue weighted by Crippen LogP contribution is 2.39. The summed E-state index contributed by atoms with van der Waals surface area (Å²) in [6.07, 6.45) is 1.49. The van der Waals surface area contributed by atoms with Crippen molar-refractivity contribution in [3.8, 4) is 11.5 Å². The Balaban J connectivity index is 1.86. The van der Waals surface area contributed by atoms with Crippen molar-refractivity contribution in [3.05, 3.63) is 49.5 Å². The van der Waals surface area contributed by atoms with Crippen molar-refractivity contribution in [2.45, 2.75) is 0 Å². The summed E-state index contributed by atoms with van der Waals surface area (Å²) in [4.78, 5) is 49.5. The third-order valence-electron chi connectivity index (χ3n) is 3.86. The summed E-state index contributed by atoms with van der Waals surface area (Å²) in [5, 5.41) is 1.20. The van der Waals surface area contributed by atoms with E-state index in [0.29, 0.717) is 26.7 Å². The number of methoxy groups -OCH3 is 2. The molecule has 2 heterocycles. The predicted molar refractivity (Wildman–Crippen MR) is 115 cm³/mol. The van der Waals surface area contributed by atoms with Gasteiger partial charge in [0.05, 0.1) is 23.6 Å². The Kier molecular flexibility index (Phi) is 6.95. The van der Waals surface area contributed by atoms with Gasteiger partial charge in [-0.1, -0.05) is 6.07 Å². The van der Waals surface area contributed by atoms with Crippen molar-refractivity contribution in [2.75, 3.05) is 20.8 Å². The zero-order valence-electron chi connectivity index (χ0n) is 15.7. The van der Waals surface area contributed by atoms with Crippen LogP contribution in [0.4, 0.5) is 4.79 Å². The first kappa shape index (κ1) is 22.1. The second kappa shape index (κ2) is 9.45. The maximum absolute atomic E-state index is 12.5. The average molecular weight is 512 g/mol. The maximum atomic E-state index is 12.5. The van der Waals surface area contributed by atoms with Crippen LogP contribution in [0.2, 0.25) is 0 Å². The van der Waals surface area contributed by atoms with Gasteiger partial charge in [0, 0.05) is 0 Å². The molecule has 0 atom stereocenters. The molecule has 0 bridgehead atoms. The Labute approximate surface area is 187 Å². The van der Waals surface area contributed by atoms with E-state index in [1.807, 2.05) is 0 Å². The van der Waals surface area contributed by atoms with Gasteiger partial charge in [-0.05, 0) is 62.9 Å². The average Bonchev–Trinajstić information content (AvgIpc) is 3.34. The van der Waals surface area contributed by atoms with Crippen LogP contribution in [0.15, 0.2) is 39.0 Å². The summed E-state index contributed by atoms with van der Waals surface area (Å²) in [5.41, 5.74) is 0.526. The fraction of sp³-hybridized carbons (Fsp3) is 0.158. The summed E-state index contributed by atoms with van der Waals surface area (Å²) in [5.74, 6) is -1.37. The van der Waals surface area contributed by atoms with E-state index >= 15 is 0 Å². The molecule has 0 saturated carbocycles. The zero-order chi connectivity index (χ0) is 21.8. The van der Waals surface area contributed by atoms with Crippen LogP contribution < -0.4 is 9.47 Å². The molecule has 0 unspecified atom stereocenters. The number of esters is 2. The third kappa shape index (κ3) is 4.74. The van der Waals surface area contributed by atoms with Gasteiger partial charge in [0.1, 0.15) is 11.4 Å². The number of hydrogen-bond acceptors (Lipinski definition) is 9. The summed E-state index contributed by atoms with van der Waals surface area (Å²) >= 11 is 5.31. The predicted octanol–water partition coefficient (Wildman–Crippen LogP) is 3.95. The molecule has 1 saturated heterocycles. The van der Waals surface area contributed by atoms with E-state index in [9.17, 15) is 19.2 Å². The Morgan fingerprint density at radius 1 is 1.23 bits per heavy atom. The Morgan fingerprint density at radius 2 is 2.00 bits per heavy atom. The smallest absolute Gasteiger partial charge is 0.353 e. The zero-order valence-corrected chi connectivity index (χ0v) is 18.9. The highest BCUT2D eigenvalue weighted by molar-refractivity contribution is 9.10. The molecular formula is C19H14BrNO7S2. The number of carbonyl (C=O) groups excluding carboxylic acids is 4. The quantitative estimate of drug-likeness (QED) is 0.326. The monoisotopic (exact) mass is 511 g/mol. The molecular weight excluding hydrogens is 498 g/mol. The molecule has 11 heteroatoms. The molecule has 0 radical (unpaired) electrons. The second-order valence-corrected chi connectivity index (χ2v) is 8.54. The summed E-state index contributed by atoms with van der Waals surface area (Å²) < 4.78 is 15.7. The van der Waals surface area contributed by atoms with Crippen molar-refractivity contribution < 1.29 is 33.4 Å². The van der Waals surface area contributed by atoms with Gasteiger partial charge in [-0.25, -0.2) is 4.79 Å². The first-order chi connectivity index (χ1) is 14.3. The first-order valence-electron chi connectivity index (χ1n) is 8.29. The fourth-order valence-corrected chi connectivity index (χ4v) is 4.42. The largest absolute Gasteiger partial charge is 0.493 e. The van der Waals surface area contributed by atoms with Crippen molar-refractivity contribution in [3.63, 3.8) is 0 Å². The number of halogens is 1. The van der Waals surface area contributed by atoms with E-state index in [-0.39, 0.29) is 16.4 Å². The second-order valence-electron chi connectivity index (χ2n) is 5.74. The van der Waals surface area contributed by atoms with Crippen molar-refractivity contribution in [1.82, 2.24) is 4.90 Å². The van der Waals surface area contributed by atoms with Crippen LogP contribution in [0.1, 0.15) is 15.2 Å². The number of carbonyl (C=O) groups is 4. The number of imide groups is 1. The van der Waals surface area contributed by atoms with E-state index < -0.39 is 29.6 Å². The van der Waals surface area contributed by atoms with Crippen molar-refractivity contribution >= 4 is 68.2 Å². The summed E-state index contributed by atoms with van der Waals surface area (Å²) in [6.45, 7) is -0.455. The van der Waals surface area contributed by atoms with Gasteiger partial charge in [0.25, 0.3) is 11.1 Å². The van der Waals surface area contributed by atoms with Gasteiger partial charge in [0.15, 0.2) is 11.5 Å². The maximum Gasteiger partial charge on any atom is 0.353 e. The van der Waals surface area contributed by atoms with Crippen molar-refractivity contribution in [2.24, 2.45) is 0 Å². The Bertz CT molecular complexity index is 1050. The lowest BCUT2D eigenvalue weighted by atomic mass is 10.2. The van der Waals surface area contributed by atoms with Gasteiger partial charge in [-0.15, -0.1) is 11.3 Å². The molecule has 156 valence electrons. The Hall–Kier alpha value is -2.63. The number of amides is 2. The molecule has 1 aliphatic rings. The third-order valence-corrected chi connectivity index (χ3v) is 6.20. The van der Waals surface area contributed by atoms with Crippen LogP contribution in [-0.2, 0) is 14.3 Å². The molecule has 2 amide bonds. The van der Waals surface area contributed by atoms with Gasteiger partial charge >= 0.3 is 11.9 Å². The molecule has 30 heavy (non-hydrogen) atoms. The molecule has 0 aliphatic carbocycles. The SMILES string of the molecule is COC(=O)CN1C(=O)S/C(=C\c2cc(Br)c(OC(=O)c3cccs3)c(OC)c2)C1=O. The molecule has 3 rings (SSSR count). The lowest BCUT2D eigenvalue weighted by Gasteiger charge is -2.12. The van der Waals surface area contributed by atoms with Crippen molar-refractivity contribution in [1.29, 1.82) is 0 Å². The van der Waals surface area contributed by atoms with Gasteiger partial charge in [0.2, 0.25) is 0 Å². The molecule has 1 fully saturated rings. The minimum atomic E-state index is -0.695. The number of benzene rings is 1. The number of thioether (sulfide) groups is 1. The number of hydrogen-bond donors (Lipinski definition) is 0. The molecule has 1 aliphatic heterocycles. The van der Waals surface area contributed by atoms with Gasteiger partial charge in [-0.3, -0.25) is 19.3 Å². The fourth-order valence-electron chi connectivity index (χ4n) is 2.44. The van der Waals surface area contributed by atoms with Crippen LogP contribution >= 0.6 is 39.0 Å². The van der Waals surface area contributed by atoms with E-state index in [2.05, 4.69) is 20.7 Å². The van der Waals surface area contributed by atoms with Crippen LogP contribution in [-0.4, -0.2) is 48.7 Å². The first-order valence-corrected chi connectivity index (χ1v) is 10.8. The molecule has 2 aromatic rings. The van der Waals surface area contributed by atoms with E-state index in [1.165, 1.54) is 31.6 Å². The van der Waals surface area contributed by atoms with Crippen LogP contribution in [0, 0.1) is 0 Å². The number of rotatable bonds is 6.